The zero-order valence-electron chi connectivity index (χ0n) is 11.5. The van der Waals surface area contributed by atoms with Crippen molar-refractivity contribution in [3.05, 3.63) is 59.2 Å². The van der Waals surface area contributed by atoms with Gasteiger partial charge in [0.2, 0.25) is 0 Å². The molecule has 0 radical (unpaired) electrons. The average molecular weight is 293 g/mol. The van der Waals surface area contributed by atoms with Crippen LogP contribution in [0.4, 0.5) is 8.78 Å². The Bertz CT molecular complexity index is 599. The van der Waals surface area contributed by atoms with Crippen molar-refractivity contribution in [2.24, 2.45) is 0 Å². The van der Waals surface area contributed by atoms with E-state index in [9.17, 15) is 8.78 Å². The molecule has 0 fully saturated rings. The van der Waals surface area contributed by atoms with Gasteiger partial charge >= 0.3 is 0 Å². The van der Waals surface area contributed by atoms with E-state index in [1.165, 1.54) is 23.4 Å². The van der Waals surface area contributed by atoms with E-state index in [0.29, 0.717) is 4.90 Å². The summed E-state index contributed by atoms with van der Waals surface area (Å²) in [6.07, 6.45) is 0. The summed E-state index contributed by atoms with van der Waals surface area (Å²) in [7, 11) is 0. The molecule has 0 aliphatic rings. The molecule has 4 heteroatoms. The van der Waals surface area contributed by atoms with Crippen LogP contribution in [0.3, 0.4) is 0 Å². The highest BCUT2D eigenvalue weighted by molar-refractivity contribution is 7.99. The van der Waals surface area contributed by atoms with Gasteiger partial charge < -0.3 is 5.32 Å². The summed E-state index contributed by atoms with van der Waals surface area (Å²) < 4.78 is 26.8. The molecule has 0 aliphatic carbocycles. The quantitative estimate of drug-likeness (QED) is 0.869. The van der Waals surface area contributed by atoms with Crippen LogP contribution in [0.2, 0.25) is 0 Å². The zero-order chi connectivity index (χ0) is 14.5. The van der Waals surface area contributed by atoms with Crippen LogP contribution in [0.5, 0.6) is 0 Å². The van der Waals surface area contributed by atoms with Crippen molar-refractivity contribution in [1.29, 1.82) is 0 Å². The molecule has 0 atom stereocenters. The topological polar surface area (TPSA) is 12.0 Å². The molecule has 1 nitrogen and oxygen atoms in total. The minimum atomic E-state index is -0.421. The lowest BCUT2D eigenvalue weighted by Crippen LogP contribution is -2.11. The van der Waals surface area contributed by atoms with Crippen molar-refractivity contribution >= 4 is 11.8 Å². The van der Waals surface area contributed by atoms with Crippen LogP contribution in [0.15, 0.2) is 46.2 Å². The van der Waals surface area contributed by atoms with Gasteiger partial charge in [0.15, 0.2) is 0 Å². The van der Waals surface area contributed by atoms with E-state index in [1.54, 1.807) is 0 Å². The molecule has 20 heavy (non-hydrogen) atoms. The van der Waals surface area contributed by atoms with Gasteiger partial charge in [-0.15, -0.1) is 0 Å². The highest BCUT2D eigenvalue weighted by atomic mass is 32.2. The van der Waals surface area contributed by atoms with Gasteiger partial charge in [-0.3, -0.25) is 0 Å². The first-order valence-electron chi connectivity index (χ1n) is 6.53. The molecular weight excluding hydrogens is 276 g/mol. The van der Waals surface area contributed by atoms with Gasteiger partial charge in [-0.1, -0.05) is 30.8 Å². The highest BCUT2D eigenvalue weighted by Gasteiger charge is 2.08. The van der Waals surface area contributed by atoms with Gasteiger partial charge in [-0.25, -0.2) is 8.78 Å². The van der Waals surface area contributed by atoms with Gasteiger partial charge in [-0.2, -0.15) is 0 Å². The van der Waals surface area contributed by atoms with Crippen molar-refractivity contribution in [2.75, 3.05) is 6.54 Å². The fraction of sp³-hybridized carbons (Fsp3) is 0.250. The first-order chi connectivity index (χ1) is 9.60. The third-order valence-corrected chi connectivity index (χ3v) is 4.14. The maximum atomic E-state index is 13.6. The normalized spacial score (nSPS) is 10.8. The maximum Gasteiger partial charge on any atom is 0.137 e. The Morgan fingerprint density at radius 3 is 2.55 bits per heavy atom. The molecular formula is C16H17F2NS. The number of hydrogen-bond donors (Lipinski definition) is 1. The van der Waals surface area contributed by atoms with Gasteiger partial charge in [-0.05, 0) is 48.9 Å². The second kappa shape index (κ2) is 6.86. The number of hydrogen-bond acceptors (Lipinski definition) is 2. The number of halogens is 2. The van der Waals surface area contributed by atoms with Gasteiger partial charge in [0.05, 0.1) is 4.90 Å². The monoisotopic (exact) mass is 293 g/mol. The van der Waals surface area contributed by atoms with E-state index < -0.39 is 11.6 Å². The summed E-state index contributed by atoms with van der Waals surface area (Å²) >= 11 is 1.25. The van der Waals surface area contributed by atoms with E-state index in [1.807, 2.05) is 19.1 Å². The molecule has 0 amide bonds. The summed E-state index contributed by atoms with van der Waals surface area (Å²) in [6.45, 7) is 5.78. The molecule has 2 rings (SSSR count). The molecule has 0 bridgehead atoms. The van der Waals surface area contributed by atoms with Crippen LogP contribution < -0.4 is 5.32 Å². The van der Waals surface area contributed by atoms with E-state index >= 15 is 0 Å². The minimum absolute atomic E-state index is 0.313. The SMILES string of the molecule is CCNCc1ccc(Sc2cc(F)ccc2F)c(C)c1. The Labute approximate surface area is 122 Å². The van der Waals surface area contributed by atoms with Crippen LogP contribution in [-0.4, -0.2) is 6.54 Å². The van der Waals surface area contributed by atoms with Gasteiger partial charge in [0.25, 0.3) is 0 Å². The summed E-state index contributed by atoms with van der Waals surface area (Å²) in [4.78, 5) is 1.25. The van der Waals surface area contributed by atoms with Gasteiger partial charge in [0.1, 0.15) is 11.6 Å². The summed E-state index contributed by atoms with van der Waals surface area (Å²) in [5, 5.41) is 3.26. The molecule has 2 aromatic rings. The third-order valence-electron chi connectivity index (χ3n) is 2.93. The Morgan fingerprint density at radius 1 is 1.05 bits per heavy atom. The van der Waals surface area contributed by atoms with Crippen LogP contribution in [0.25, 0.3) is 0 Å². The minimum Gasteiger partial charge on any atom is -0.313 e. The molecule has 0 spiro atoms. The first kappa shape index (κ1) is 15.0. The third kappa shape index (κ3) is 3.81. The van der Waals surface area contributed by atoms with Crippen molar-refractivity contribution in [3.63, 3.8) is 0 Å². The summed E-state index contributed by atoms with van der Waals surface area (Å²) in [5.74, 6) is -0.817. The van der Waals surface area contributed by atoms with Crippen molar-refractivity contribution < 1.29 is 8.78 Å². The molecule has 0 saturated carbocycles. The number of benzene rings is 2. The first-order valence-corrected chi connectivity index (χ1v) is 7.35. The van der Waals surface area contributed by atoms with Crippen LogP contribution in [0, 0.1) is 18.6 Å². The van der Waals surface area contributed by atoms with Crippen LogP contribution in [-0.2, 0) is 6.54 Å². The molecule has 0 aliphatic heterocycles. The maximum absolute atomic E-state index is 13.6. The largest absolute Gasteiger partial charge is 0.313 e. The number of nitrogens with one attached hydrogen (secondary N) is 1. The van der Waals surface area contributed by atoms with E-state index in [-0.39, 0.29) is 0 Å². The Morgan fingerprint density at radius 2 is 1.85 bits per heavy atom. The Hall–Kier alpha value is -1.39. The Balaban J connectivity index is 2.19. The highest BCUT2D eigenvalue weighted by Crippen LogP contribution is 2.32. The molecule has 0 heterocycles. The average Bonchev–Trinajstić information content (AvgIpc) is 2.43. The number of rotatable bonds is 5. The fourth-order valence-corrected chi connectivity index (χ4v) is 2.81. The predicted molar refractivity (Wildman–Crippen MR) is 79.0 cm³/mol. The van der Waals surface area contributed by atoms with E-state index in [4.69, 9.17) is 0 Å². The van der Waals surface area contributed by atoms with E-state index in [2.05, 4.69) is 18.3 Å². The number of aryl methyl sites for hydroxylation is 1. The predicted octanol–water partition coefficient (Wildman–Crippen LogP) is 4.53. The second-order valence-corrected chi connectivity index (χ2v) is 5.64. The molecule has 0 aromatic heterocycles. The lowest BCUT2D eigenvalue weighted by Gasteiger charge is -2.09. The molecule has 0 saturated heterocycles. The summed E-state index contributed by atoms with van der Waals surface area (Å²) in [6, 6.07) is 9.55. The Kier molecular flexibility index (Phi) is 5.15. The fourth-order valence-electron chi connectivity index (χ4n) is 1.88. The van der Waals surface area contributed by atoms with Crippen LogP contribution >= 0.6 is 11.8 Å². The lowest BCUT2D eigenvalue weighted by molar-refractivity contribution is 0.577. The zero-order valence-corrected chi connectivity index (χ0v) is 12.4. The lowest BCUT2D eigenvalue weighted by atomic mass is 10.1. The van der Waals surface area contributed by atoms with E-state index in [0.717, 1.165) is 35.7 Å². The van der Waals surface area contributed by atoms with Gasteiger partial charge in [0, 0.05) is 11.4 Å². The summed E-state index contributed by atoms with van der Waals surface area (Å²) in [5.41, 5.74) is 2.25. The molecule has 106 valence electrons. The smallest absolute Gasteiger partial charge is 0.137 e. The molecule has 0 unspecified atom stereocenters. The van der Waals surface area contributed by atoms with Crippen LogP contribution in [0.1, 0.15) is 18.1 Å². The molecule has 1 N–H and O–H groups in total. The van der Waals surface area contributed by atoms with Crippen molar-refractivity contribution in [2.45, 2.75) is 30.2 Å². The molecule has 2 aromatic carbocycles. The van der Waals surface area contributed by atoms with Crippen molar-refractivity contribution in [3.8, 4) is 0 Å². The van der Waals surface area contributed by atoms with Crippen molar-refractivity contribution in [1.82, 2.24) is 5.32 Å². The second-order valence-electron chi connectivity index (χ2n) is 4.56. The standard InChI is InChI=1S/C16H17F2NS/c1-3-19-10-12-4-7-15(11(2)8-12)20-16-9-13(17)5-6-14(16)18/h4-9,19H,3,10H2,1-2H3.